The van der Waals surface area contributed by atoms with Crippen molar-refractivity contribution in [1.82, 2.24) is 4.98 Å². The molecule has 0 amide bonds. The van der Waals surface area contributed by atoms with E-state index in [-0.39, 0.29) is 18.4 Å². The molecule has 0 spiro atoms. The average molecular weight is 372 g/mol. The molecule has 1 aromatic heterocycles. The number of methoxy groups -OCH3 is 1. The van der Waals surface area contributed by atoms with Crippen LogP contribution in [0.3, 0.4) is 0 Å². The Bertz CT molecular complexity index is 928. The Morgan fingerprint density at radius 3 is 2.62 bits per heavy atom. The van der Waals surface area contributed by atoms with E-state index in [1.165, 1.54) is 7.11 Å². The number of hydrogen-bond donors (Lipinski definition) is 1. The molecule has 6 heteroatoms. The van der Waals surface area contributed by atoms with Crippen LogP contribution in [-0.4, -0.2) is 24.7 Å². The number of carbonyl (C=O) groups is 1. The number of carbonyl (C=O) groups excluding carboxylic acids is 1. The molecule has 1 heterocycles. The van der Waals surface area contributed by atoms with Crippen molar-refractivity contribution >= 4 is 28.2 Å². The standard InChI is InChI=1S/C20H20N2O3.ClH/c1-4-25-19-8-6-5-7-17(19)22-18-11-13(2)21-16-10-9-14(12-15(16)18)20(23)24-3;/h5-12H,4H2,1-3H3,(H,21,22);1H/p-1. The van der Waals surface area contributed by atoms with Crippen LogP contribution in [0.25, 0.3) is 10.9 Å². The Labute approximate surface area is 158 Å². The van der Waals surface area contributed by atoms with Gasteiger partial charge in [0, 0.05) is 16.8 Å². The fraction of sp³-hybridized carbons (Fsp3) is 0.200. The summed E-state index contributed by atoms with van der Waals surface area (Å²) in [4.78, 5) is 16.4. The summed E-state index contributed by atoms with van der Waals surface area (Å²) >= 11 is 0. The molecule has 1 N–H and O–H groups in total. The van der Waals surface area contributed by atoms with Crippen molar-refractivity contribution in [2.45, 2.75) is 13.8 Å². The van der Waals surface area contributed by atoms with Crippen LogP contribution in [0.1, 0.15) is 23.0 Å². The Morgan fingerprint density at radius 1 is 1.12 bits per heavy atom. The molecule has 0 bridgehead atoms. The van der Waals surface area contributed by atoms with E-state index >= 15 is 0 Å². The molecule has 3 rings (SSSR count). The maximum atomic E-state index is 11.8. The van der Waals surface area contributed by atoms with Crippen LogP contribution < -0.4 is 22.5 Å². The number of nitrogens with one attached hydrogen (secondary N) is 1. The second-order valence-electron chi connectivity index (χ2n) is 5.59. The number of para-hydroxylation sites is 2. The van der Waals surface area contributed by atoms with Gasteiger partial charge in [0.25, 0.3) is 0 Å². The topological polar surface area (TPSA) is 60.5 Å². The zero-order chi connectivity index (χ0) is 17.8. The third-order valence-corrected chi connectivity index (χ3v) is 3.81. The number of esters is 1. The van der Waals surface area contributed by atoms with Gasteiger partial charge in [-0.15, -0.1) is 0 Å². The monoisotopic (exact) mass is 371 g/mol. The Balaban J connectivity index is 0.00000243. The highest BCUT2D eigenvalue weighted by molar-refractivity contribution is 6.00. The molecule has 26 heavy (non-hydrogen) atoms. The van der Waals surface area contributed by atoms with Gasteiger partial charge < -0.3 is 27.2 Å². The van der Waals surface area contributed by atoms with Crippen LogP contribution >= 0.6 is 0 Å². The van der Waals surface area contributed by atoms with E-state index < -0.39 is 0 Å². The van der Waals surface area contributed by atoms with Gasteiger partial charge in [-0.25, -0.2) is 4.79 Å². The lowest BCUT2D eigenvalue weighted by molar-refractivity contribution is -0.0000202. The molecule has 0 aliphatic carbocycles. The first-order chi connectivity index (χ1) is 12.1. The predicted octanol–water partition coefficient (Wildman–Crippen LogP) is 1.48. The molecule has 0 radical (unpaired) electrons. The molecular formula is C20H20ClN2O3-. The SMILES string of the molecule is CCOc1ccccc1Nc1cc(C)nc2ccc(C(=O)OC)cc12.[Cl-]. The van der Waals surface area contributed by atoms with Gasteiger partial charge in [0.2, 0.25) is 0 Å². The number of aryl methyl sites for hydroxylation is 1. The Morgan fingerprint density at radius 2 is 1.88 bits per heavy atom. The molecule has 2 aromatic carbocycles. The van der Waals surface area contributed by atoms with Crippen molar-refractivity contribution in [2.75, 3.05) is 19.0 Å². The highest BCUT2D eigenvalue weighted by Crippen LogP contribution is 2.32. The minimum absolute atomic E-state index is 0. The summed E-state index contributed by atoms with van der Waals surface area (Å²) in [5, 5.41) is 4.26. The molecular weight excluding hydrogens is 352 g/mol. The maximum Gasteiger partial charge on any atom is 0.337 e. The molecule has 0 fully saturated rings. The summed E-state index contributed by atoms with van der Waals surface area (Å²) in [6, 6.07) is 15.0. The van der Waals surface area contributed by atoms with Gasteiger partial charge in [0.15, 0.2) is 0 Å². The van der Waals surface area contributed by atoms with Crippen molar-refractivity contribution in [1.29, 1.82) is 0 Å². The Hall–Kier alpha value is -2.79. The van der Waals surface area contributed by atoms with Crippen LogP contribution in [0.15, 0.2) is 48.5 Å². The molecule has 0 saturated heterocycles. The summed E-state index contributed by atoms with van der Waals surface area (Å²) in [5.74, 6) is 0.403. The van der Waals surface area contributed by atoms with Gasteiger partial charge >= 0.3 is 5.97 Å². The summed E-state index contributed by atoms with van der Waals surface area (Å²) in [6.45, 7) is 4.47. The normalized spacial score (nSPS) is 10.1. The second-order valence-corrected chi connectivity index (χ2v) is 5.59. The van der Waals surface area contributed by atoms with Crippen molar-refractivity contribution in [3.63, 3.8) is 0 Å². The first kappa shape index (κ1) is 19.5. The number of pyridine rings is 1. The molecule has 0 aliphatic heterocycles. The van der Waals surface area contributed by atoms with E-state index in [9.17, 15) is 4.79 Å². The zero-order valence-electron chi connectivity index (χ0n) is 14.9. The van der Waals surface area contributed by atoms with Crippen LogP contribution in [0, 0.1) is 6.92 Å². The van der Waals surface area contributed by atoms with Gasteiger partial charge in [-0.2, -0.15) is 0 Å². The number of ether oxygens (including phenoxy) is 2. The molecule has 0 aliphatic rings. The summed E-state index contributed by atoms with van der Waals surface area (Å²) in [6.07, 6.45) is 0. The number of anilines is 2. The lowest BCUT2D eigenvalue weighted by atomic mass is 10.1. The number of nitrogens with zero attached hydrogens (tertiary/aromatic N) is 1. The van der Waals surface area contributed by atoms with E-state index in [1.807, 2.05) is 50.2 Å². The first-order valence-electron chi connectivity index (χ1n) is 8.11. The summed E-state index contributed by atoms with van der Waals surface area (Å²) < 4.78 is 10.5. The number of hydrogen-bond acceptors (Lipinski definition) is 5. The lowest BCUT2D eigenvalue weighted by Gasteiger charge is -2.15. The van der Waals surface area contributed by atoms with Crippen LogP contribution in [0.4, 0.5) is 11.4 Å². The number of fused-ring (bicyclic) bond motifs is 1. The third-order valence-electron chi connectivity index (χ3n) is 3.81. The van der Waals surface area contributed by atoms with E-state index in [0.29, 0.717) is 12.2 Å². The maximum absolute atomic E-state index is 11.8. The van der Waals surface area contributed by atoms with E-state index in [1.54, 1.807) is 12.1 Å². The minimum Gasteiger partial charge on any atom is -1.00 e. The van der Waals surface area contributed by atoms with Crippen molar-refractivity contribution < 1.29 is 26.7 Å². The van der Waals surface area contributed by atoms with E-state index in [0.717, 1.165) is 33.7 Å². The first-order valence-corrected chi connectivity index (χ1v) is 8.11. The number of halogens is 1. The van der Waals surface area contributed by atoms with Gasteiger partial charge in [-0.05, 0) is 50.2 Å². The predicted molar refractivity (Wildman–Crippen MR) is 98.7 cm³/mol. The van der Waals surface area contributed by atoms with Gasteiger partial charge in [-0.1, -0.05) is 12.1 Å². The average Bonchev–Trinajstić information content (AvgIpc) is 2.62. The smallest absolute Gasteiger partial charge is 0.337 e. The van der Waals surface area contributed by atoms with E-state index in [2.05, 4.69) is 10.3 Å². The largest absolute Gasteiger partial charge is 1.00 e. The molecule has 136 valence electrons. The second kappa shape index (κ2) is 8.54. The number of rotatable bonds is 5. The highest BCUT2D eigenvalue weighted by Gasteiger charge is 2.11. The molecule has 5 nitrogen and oxygen atoms in total. The zero-order valence-corrected chi connectivity index (χ0v) is 15.6. The van der Waals surface area contributed by atoms with Crippen LogP contribution in [0.5, 0.6) is 5.75 Å². The third kappa shape index (κ3) is 4.06. The number of benzene rings is 2. The van der Waals surface area contributed by atoms with Crippen LogP contribution in [0.2, 0.25) is 0 Å². The molecule has 0 atom stereocenters. The molecule has 0 saturated carbocycles. The van der Waals surface area contributed by atoms with Crippen LogP contribution in [-0.2, 0) is 4.74 Å². The minimum atomic E-state index is -0.372. The highest BCUT2D eigenvalue weighted by atomic mass is 35.5. The quantitative estimate of drug-likeness (QED) is 0.688. The molecule has 3 aromatic rings. The van der Waals surface area contributed by atoms with E-state index in [4.69, 9.17) is 9.47 Å². The summed E-state index contributed by atoms with van der Waals surface area (Å²) in [7, 11) is 1.37. The number of aromatic nitrogens is 1. The fourth-order valence-electron chi connectivity index (χ4n) is 2.70. The molecule has 0 unspecified atom stereocenters. The van der Waals surface area contributed by atoms with Gasteiger partial charge in [-0.3, -0.25) is 4.98 Å². The lowest BCUT2D eigenvalue weighted by Crippen LogP contribution is -3.00. The van der Waals surface area contributed by atoms with Gasteiger partial charge in [0.05, 0.1) is 30.5 Å². The van der Waals surface area contributed by atoms with Crippen molar-refractivity contribution in [3.05, 3.63) is 59.8 Å². The van der Waals surface area contributed by atoms with Gasteiger partial charge in [0.1, 0.15) is 5.75 Å². The van der Waals surface area contributed by atoms with Crippen molar-refractivity contribution in [3.8, 4) is 5.75 Å². The Kier molecular flexibility index (Phi) is 6.41. The fourth-order valence-corrected chi connectivity index (χ4v) is 2.70. The summed E-state index contributed by atoms with van der Waals surface area (Å²) in [5.41, 5.74) is 3.90. The van der Waals surface area contributed by atoms with Crippen molar-refractivity contribution in [2.24, 2.45) is 0 Å².